The third kappa shape index (κ3) is 4.78. The van der Waals surface area contributed by atoms with E-state index in [-0.39, 0.29) is 34.1 Å². The van der Waals surface area contributed by atoms with Gasteiger partial charge in [-0.25, -0.2) is 4.98 Å². The summed E-state index contributed by atoms with van der Waals surface area (Å²) in [6.07, 6.45) is 0. The highest BCUT2D eigenvalue weighted by molar-refractivity contribution is 6.06. The van der Waals surface area contributed by atoms with Crippen LogP contribution in [0.1, 0.15) is 21.0 Å². The normalized spacial score (nSPS) is 10.1. The molecule has 0 aliphatic rings. The van der Waals surface area contributed by atoms with Crippen molar-refractivity contribution in [3.63, 3.8) is 0 Å². The van der Waals surface area contributed by atoms with Crippen LogP contribution in [0.4, 0.5) is 22.7 Å². The highest BCUT2D eigenvalue weighted by atomic mass is 16.6. The fourth-order valence-electron chi connectivity index (χ4n) is 2.47. The summed E-state index contributed by atoms with van der Waals surface area (Å²) in [5.74, 6) is -1.33. The van der Waals surface area contributed by atoms with E-state index in [4.69, 9.17) is 0 Å². The summed E-state index contributed by atoms with van der Waals surface area (Å²) in [5, 5.41) is 26.6. The lowest BCUT2D eigenvalue weighted by atomic mass is 10.2. The average molecular weight is 407 g/mol. The molecule has 0 aliphatic heterocycles. The second-order valence-electron chi connectivity index (χ2n) is 5.93. The van der Waals surface area contributed by atoms with Gasteiger partial charge in [0.05, 0.1) is 9.85 Å². The first-order valence-corrected chi connectivity index (χ1v) is 8.42. The number of nitrogens with one attached hydrogen (secondary N) is 2. The van der Waals surface area contributed by atoms with Crippen LogP contribution in [0.5, 0.6) is 0 Å². The van der Waals surface area contributed by atoms with Crippen LogP contribution in [0.2, 0.25) is 0 Å². The fourth-order valence-corrected chi connectivity index (χ4v) is 2.47. The molecule has 0 spiro atoms. The Morgan fingerprint density at radius 1 is 0.700 bits per heavy atom. The Hall–Kier alpha value is -4.67. The summed E-state index contributed by atoms with van der Waals surface area (Å²) in [5.41, 5.74) is -0.164. The van der Waals surface area contributed by atoms with Gasteiger partial charge in [0.1, 0.15) is 11.4 Å². The van der Waals surface area contributed by atoms with E-state index in [1.807, 2.05) is 0 Å². The molecule has 0 fully saturated rings. The molecule has 1 aromatic heterocycles. The Kier molecular flexibility index (Phi) is 5.73. The molecule has 150 valence electrons. The number of hydrogen-bond acceptors (Lipinski definition) is 7. The third-order valence-corrected chi connectivity index (χ3v) is 3.84. The van der Waals surface area contributed by atoms with Crippen LogP contribution in [0.3, 0.4) is 0 Å². The minimum atomic E-state index is -0.666. The zero-order valence-corrected chi connectivity index (χ0v) is 15.1. The lowest BCUT2D eigenvalue weighted by Crippen LogP contribution is -2.18. The third-order valence-electron chi connectivity index (χ3n) is 3.84. The van der Waals surface area contributed by atoms with Gasteiger partial charge in [0, 0.05) is 35.6 Å². The van der Waals surface area contributed by atoms with Gasteiger partial charge in [-0.3, -0.25) is 29.8 Å². The van der Waals surface area contributed by atoms with Crippen LogP contribution in [0.15, 0.2) is 66.7 Å². The molecule has 0 bridgehead atoms. The zero-order valence-electron chi connectivity index (χ0n) is 15.1. The molecule has 0 aliphatic carbocycles. The number of amides is 2. The molecule has 11 nitrogen and oxygen atoms in total. The second kappa shape index (κ2) is 8.56. The molecule has 0 atom stereocenters. The van der Waals surface area contributed by atoms with Crippen LogP contribution in [-0.4, -0.2) is 26.6 Å². The number of nitrogens with zero attached hydrogens (tertiary/aromatic N) is 3. The van der Waals surface area contributed by atoms with Crippen molar-refractivity contribution in [1.82, 2.24) is 4.98 Å². The Morgan fingerprint density at radius 2 is 1.10 bits per heavy atom. The molecule has 11 heteroatoms. The van der Waals surface area contributed by atoms with Gasteiger partial charge < -0.3 is 10.6 Å². The van der Waals surface area contributed by atoms with E-state index in [1.54, 1.807) is 0 Å². The Morgan fingerprint density at radius 3 is 1.50 bits per heavy atom. The SMILES string of the molecule is O=C(Nc1cccc([N+](=O)[O-])c1)c1cccc(C(=O)Nc2cccc([N+](=O)[O-])c2)n1. The molecule has 2 aromatic carbocycles. The van der Waals surface area contributed by atoms with Gasteiger partial charge in [-0.1, -0.05) is 18.2 Å². The largest absolute Gasteiger partial charge is 0.320 e. The highest BCUT2D eigenvalue weighted by Crippen LogP contribution is 2.19. The molecule has 0 radical (unpaired) electrons. The van der Waals surface area contributed by atoms with Crippen molar-refractivity contribution in [3.8, 4) is 0 Å². The van der Waals surface area contributed by atoms with Crippen molar-refractivity contribution < 1.29 is 19.4 Å². The summed E-state index contributed by atoms with van der Waals surface area (Å²) in [6.45, 7) is 0. The van der Waals surface area contributed by atoms with Crippen LogP contribution in [0, 0.1) is 20.2 Å². The maximum absolute atomic E-state index is 12.4. The van der Waals surface area contributed by atoms with Gasteiger partial charge in [-0.05, 0) is 24.3 Å². The predicted molar refractivity (Wildman–Crippen MR) is 106 cm³/mol. The summed E-state index contributed by atoms with van der Waals surface area (Å²) < 4.78 is 0. The molecule has 3 aromatic rings. The molecular weight excluding hydrogens is 394 g/mol. The smallest absolute Gasteiger partial charge is 0.274 e. The molecule has 30 heavy (non-hydrogen) atoms. The number of carbonyl (C=O) groups is 2. The average Bonchev–Trinajstić information content (AvgIpc) is 2.74. The molecule has 0 saturated heterocycles. The quantitative estimate of drug-likeness (QED) is 0.468. The van der Waals surface area contributed by atoms with E-state index >= 15 is 0 Å². The number of nitro benzene ring substituents is 2. The topological polar surface area (TPSA) is 157 Å². The van der Waals surface area contributed by atoms with Crippen molar-refractivity contribution >= 4 is 34.6 Å². The van der Waals surface area contributed by atoms with Crippen LogP contribution in [-0.2, 0) is 0 Å². The summed E-state index contributed by atoms with van der Waals surface area (Å²) >= 11 is 0. The number of anilines is 2. The zero-order chi connectivity index (χ0) is 21.7. The Labute approximate surface area is 168 Å². The molecule has 2 N–H and O–H groups in total. The molecule has 0 saturated carbocycles. The predicted octanol–water partition coefficient (Wildman–Crippen LogP) is 3.40. The molecule has 1 heterocycles. The summed E-state index contributed by atoms with van der Waals surface area (Å²) in [6, 6.07) is 14.9. The number of non-ortho nitro benzene ring substituents is 2. The number of rotatable bonds is 6. The van der Waals surface area contributed by atoms with Gasteiger partial charge in [-0.15, -0.1) is 0 Å². The van der Waals surface area contributed by atoms with Crippen molar-refractivity contribution in [2.75, 3.05) is 10.6 Å². The van der Waals surface area contributed by atoms with Crippen LogP contribution < -0.4 is 10.6 Å². The van der Waals surface area contributed by atoms with E-state index < -0.39 is 21.7 Å². The van der Waals surface area contributed by atoms with E-state index in [1.165, 1.54) is 66.7 Å². The first-order valence-electron chi connectivity index (χ1n) is 8.42. The number of aromatic nitrogens is 1. The maximum atomic E-state index is 12.4. The Balaban J connectivity index is 1.75. The van der Waals surface area contributed by atoms with Gasteiger partial charge >= 0.3 is 0 Å². The van der Waals surface area contributed by atoms with Crippen molar-refractivity contribution in [2.45, 2.75) is 0 Å². The molecule has 0 unspecified atom stereocenters. The van der Waals surface area contributed by atoms with Gasteiger partial charge in [-0.2, -0.15) is 0 Å². The number of pyridine rings is 1. The number of benzene rings is 2. The molecular formula is C19H13N5O6. The highest BCUT2D eigenvalue weighted by Gasteiger charge is 2.15. The van der Waals surface area contributed by atoms with E-state index in [0.717, 1.165) is 0 Å². The van der Waals surface area contributed by atoms with E-state index in [0.29, 0.717) is 0 Å². The Bertz CT molecular complexity index is 1080. The number of hydrogen-bond donors (Lipinski definition) is 2. The number of nitro groups is 2. The van der Waals surface area contributed by atoms with Crippen molar-refractivity contribution in [1.29, 1.82) is 0 Å². The van der Waals surface area contributed by atoms with Gasteiger partial charge in [0.2, 0.25) is 0 Å². The van der Waals surface area contributed by atoms with E-state index in [9.17, 15) is 29.8 Å². The molecule has 3 rings (SSSR count). The van der Waals surface area contributed by atoms with Crippen LogP contribution >= 0.6 is 0 Å². The molecule has 2 amide bonds. The van der Waals surface area contributed by atoms with E-state index in [2.05, 4.69) is 15.6 Å². The lowest BCUT2D eigenvalue weighted by molar-refractivity contribution is -0.385. The van der Waals surface area contributed by atoms with Crippen LogP contribution in [0.25, 0.3) is 0 Å². The lowest BCUT2D eigenvalue weighted by Gasteiger charge is -2.07. The minimum absolute atomic E-state index is 0.0896. The van der Waals surface area contributed by atoms with Crippen molar-refractivity contribution in [2.24, 2.45) is 0 Å². The fraction of sp³-hybridized carbons (Fsp3) is 0. The number of carbonyl (C=O) groups excluding carboxylic acids is 2. The standard InChI is InChI=1S/C19H13N5O6/c25-18(20-12-4-1-6-14(10-12)23(27)28)16-8-3-9-17(22-16)19(26)21-13-5-2-7-15(11-13)24(29)30/h1-11H,(H,20,25)(H,21,26). The van der Waals surface area contributed by atoms with Crippen molar-refractivity contribution in [3.05, 3.63) is 98.3 Å². The maximum Gasteiger partial charge on any atom is 0.274 e. The van der Waals surface area contributed by atoms with Gasteiger partial charge in [0.25, 0.3) is 23.2 Å². The van der Waals surface area contributed by atoms with Gasteiger partial charge in [0.15, 0.2) is 0 Å². The summed E-state index contributed by atoms with van der Waals surface area (Å²) in [7, 11) is 0. The monoisotopic (exact) mass is 407 g/mol. The first-order chi connectivity index (χ1) is 14.3. The first kappa shape index (κ1) is 20.1. The minimum Gasteiger partial charge on any atom is -0.320 e. The summed E-state index contributed by atoms with van der Waals surface area (Å²) in [4.78, 5) is 49.3. The second-order valence-corrected chi connectivity index (χ2v) is 5.93.